The highest BCUT2D eigenvalue weighted by atomic mass is 35.5. The van der Waals surface area contributed by atoms with Gasteiger partial charge in [0.15, 0.2) is 0 Å². The van der Waals surface area contributed by atoms with Crippen molar-refractivity contribution in [2.45, 2.75) is 13.0 Å². The first kappa shape index (κ1) is 5.03. The summed E-state index contributed by atoms with van der Waals surface area (Å²) in [6.07, 6.45) is 0. The maximum absolute atomic E-state index is 7.19. The Balaban J connectivity index is 0.000000810. The van der Waals surface area contributed by atoms with Crippen LogP contribution in [0.15, 0.2) is 0 Å². The second-order valence-corrected chi connectivity index (χ2v) is 1.74. The molecule has 1 saturated heterocycles. The SMILES string of the molecule is Cl.[2H]C1([2H])COCC(C)N1. The molecule has 0 aromatic rings. The molecule has 8 heavy (non-hydrogen) atoms. The lowest BCUT2D eigenvalue weighted by atomic mass is 10.3. The highest BCUT2D eigenvalue weighted by Gasteiger charge is 2.04. The van der Waals surface area contributed by atoms with E-state index in [1.807, 2.05) is 6.92 Å². The van der Waals surface area contributed by atoms with Crippen molar-refractivity contribution in [1.82, 2.24) is 5.32 Å². The van der Waals surface area contributed by atoms with Gasteiger partial charge in [0, 0.05) is 15.3 Å². The molecule has 0 aliphatic carbocycles. The maximum atomic E-state index is 7.19. The van der Waals surface area contributed by atoms with Crippen molar-refractivity contribution in [3.63, 3.8) is 0 Å². The Morgan fingerprint density at radius 2 is 2.62 bits per heavy atom. The topological polar surface area (TPSA) is 21.3 Å². The van der Waals surface area contributed by atoms with Crippen LogP contribution in [-0.4, -0.2) is 25.8 Å². The summed E-state index contributed by atoms with van der Waals surface area (Å²) in [5, 5.41) is 2.76. The molecule has 0 aromatic carbocycles. The zero-order valence-corrected chi connectivity index (χ0v) is 5.62. The van der Waals surface area contributed by atoms with Crippen molar-refractivity contribution < 1.29 is 7.48 Å². The van der Waals surface area contributed by atoms with Crippen molar-refractivity contribution in [3.05, 3.63) is 0 Å². The molecule has 1 rings (SSSR count). The number of morpholine rings is 1. The first-order valence-corrected chi connectivity index (χ1v) is 2.46. The molecule has 1 atom stereocenters. The first-order chi connectivity index (χ1) is 4.10. The molecular formula is C5H12ClNO. The zero-order valence-electron chi connectivity index (χ0n) is 6.81. The van der Waals surface area contributed by atoms with Crippen molar-refractivity contribution >= 4 is 12.4 Å². The molecule has 2 nitrogen and oxygen atoms in total. The van der Waals surface area contributed by atoms with Crippen LogP contribution in [0, 0.1) is 0 Å². The summed E-state index contributed by atoms with van der Waals surface area (Å²) < 4.78 is 19.3. The van der Waals surface area contributed by atoms with Crippen LogP contribution in [0.2, 0.25) is 0 Å². The molecule has 1 fully saturated rings. The lowest BCUT2D eigenvalue weighted by molar-refractivity contribution is 0.0824. The standard InChI is InChI=1S/C5H11NO.ClH/c1-5-4-7-3-2-6-5;/h5-6H,2-4H2,1H3;1H/i2D2;. The van der Waals surface area contributed by atoms with Gasteiger partial charge in [0.25, 0.3) is 0 Å². The van der Waals surface area contributed by atoms with Crippen LogP contribution < -0.4 is 5.32 Å². The Morgan fingerprint density at radius 3 is 3.00 bits per heavy atom. The van der Waals surface area contributed by atoms with E-state index < -0.39 is 6.50 Å². The predicted molar refractivity (Wildman–Crippen MR) is 35.5 cm³/mol. The molecule has 1 heterocycles. The van der Waals surface area contributed by atoms with Gasteiger partial charge >= 0.3 is 0 Å². The Morgan fingerprint density at radius 1 is 1.88 bits per heavy atom. The summed E-state index contributed by atoms with van der Waals surface area (Å²) in [4.78, 5) is 0. The van der Waals surface area contributed by atoms with E-state index in [0.29, 0.717) is 6.61 Å². The van der Waals surface area contributed by atoms with Crippen molar-refractivity contribution in [3.8, 4) is 0 Å². The summed E-state index contributed by atoms with van der Waals surface area (Å²) in [5.74, 6) is 0. The van der Waals surface area contributed by atoms with Gasteiger partial charge in [-0.2, -0.15) is 0 Å². The van der Waals surface area contributed by atoms with E-state index in [4.69, 9.17) is 7.48 Å². The van der Waals surface area contributed by atoms with Gasteiger partial charge in [-0.15, -0.1) is 12.4 Å². The molecule has 50 valence electrons. The summed E-state index contributed by atoms with van der Waals surface area (Å²) in [7, 11) is 0. The summed E-state index contributed by atoms with van der Waals surface area (Å²) >= 11 is 0. The Bertz CT molecular complexity index is 112. The molecule has 0 amide bonds. The molecular weight excluding hydrogens is 126 g/mol. The van der Waals surface area contributed by atoms with Crippen LogP contribution in [0.1, 0.15) is 9.67 Å². The van der Waals surface area contributed by atoms with Gasteiger partial charge in [0.2, 0.25) is 0 Å². The number of ether oxygens (including phenoxy) is 1. The molecule has 1 N–H and O–H groups in total. The molecule has 1 aliphatic heterocycles. The summed E-state index contributed by atoms with van der Waals surface area (Å²) in [6, 6.07) is 0.133. The van der Waals surface area contributed by atoms with Crippen LogP contribution in [0.3, 0.4) is 0 Å². The van der Waals surface area contributed by atoms with Gasteiger partial charge < -0.3 is 10.1 Å². The van der Waals surface area contributed by atoms with E-state index in [0.717, 1.165) is 0 Å². The van der Waals surface area contributed by atoms with Crippen molar-refractivity contribution in [2.24, 2.45) is 0 Å². The maximum Gasteiger partial charge on any atom is 0.0617 e. The van der Waals surface area contributed by atoms with Gasteiger partial charge in [-0.25, -0.2) is 0 Å². The highest BCUT2D eigenvalue weighted by Crippen LogP contribution is 1.88. The number of halogens is 1. The molecule has 1 aliphatic rings. The van der Waals surface area contributed by atoms with Gasteiger partial charge in [-0.1, -0.05) is 0 Å². The Kier molecular flexibility index (Phi) is 2.59. The molecule has 0 radical (unpaired) electrons. The fourth-order valence-corrected chi connectivity index (χ4v) is 0.544. The van der Waals surface area contributed by atoms with E-state index in [1.54, 1.807) is 0 Å². The average molecular weight is 140 g/mol. The minimum atomic E-state index is -1.32. The average Bonchev–Trinajstić information content (AvgIpc) is 1.60. The van der Waals surface area contributed by atoms with Gasteiger partial charge in [0.05, 0.1) is 13.2 Å². The molecule has 3 heteroatoms. The summed E-state index contributed by atoms with van der Waals surface area (Å²) in [5.41, 5.74) is 0. The molecule has 1 unspecified atom stereocenters. The van der Waals surface area contributed by atoms with E-state index in [1.165, 1.54) is 0 Å². The molecule has 0 bridgehead atoms. The smallest absolute Gasteiger partial charge is 0.0617 e. The lowest BCUT2D eigenvalue weighted by Crippen LogP contribution is -2.38. The summed E-state index contributed by atoms with van der Waals surface area (Å²) in [6.45, 7) is 1.35. The van der Waals surface area contributed by atoms with Crippen LogP contribution in [-0.2, 0) is 4.74 Å². The number of rotatable bonds is 0. The van der Waals surface area contributed by atoms with Crippen LogP contribution in [0.25, 0.3) is 0 Å². The van der Waals surface area contributed by atoms with Crippen LogP contribution in [0.5, 0.6) is 0 Å². The zero-order chi connectivity index (χ0) is 6.91. The highest BCUT2D eigenvalue weighted by molar-refractivity contribution is 5.85. The minimum absolute atomic E-state index is 0. The minimum Gasteiger partial charge on any atom is -0.379 e. The van der Waals surface area contributed by atoms with Crippen molar-refractivity contribution in [2.75, 3.05) is 19.7 Å². The quantitative estimate of drug-likeness (QED) is 0.525. The number of hydrogen-bond acceptors (Lipinski definition) is 2. The van der Waals surface area contributed by atoms with E-state index in [-0.39, 0.29) is 25.1 Å². The predicted octanol–water partition coefficient (Wildman–Crippen LogP) is 0.416. The molecule has 0 saturated carbocycles. The fraction of sp³-hybridized carbons (Fsp3) is 1.00. The first-order valence-electron chi connectivity index (χ1n) is 3.46. The monoisotopic (exact) mass is 139 g/mol. The van der Waals surface area contributed by atoms with Crippen LogP contribution >= 0.6 is 12.4 Å². The van der Waals surface area contributed by atoms with Crippen molar-refractivity contribution in [1.29, 1.82) is 0 Å². The normalized spacial score (nSPS) is 38.9. The van der Waals surface area contributed by atoms with Crippen LogP contribution in [0.4, 0.5) is 0 Å². The third-order valence-corrected chi connectivity index (χ3v) is 0.891. The van der Waals surface area contributed by atoms with E-state index >= 15 is 0 Å². The molecule has 0 spiro atoms. The van der Waals surface area contributed by atoms with E-state index in [9.17, 15) is 0 Å². The second-order valence-electron chi connectivity index (χ2n) is 1.74. The van der Waals surface area contributed by atoms with Gasteiger partial charge in [-0.3, -0.25) is 0 Å². The van der Waals surface area contributed by atoms with Gasteiger partial charge in [-0.05, 0) is 6.92 Å². The number of nitrogens with one attached hydrogen (secondary N) is 1. The fourth-order valence-electron chi connectivity index (χ4n) is 0.544. The Hall–Kier alpha value is 0.210. The van der Waals surface area contributed by atoms with E-state index in [2.05, 4.69) is 5.32 Å². The van der Waals surface area contributed by atoms with Gasteiger partial charge in [0.1, 0.15) is 0 Å². The third-order valence-electron chi connectivity index (χ3n) is 0.891. The Labute approximate surface area is 58.8 Å². The number of hydrogen-bond donors (Lipinski definition) is 1. The third kappa shape index (κ3) is 2.50. The molecule has 0 aromatic heterocycles. The lowest BCUT2D eigenvalue weighted by Gasteiger charge is -2.19. The largest absolute Gasteiger partial charge is 0.379 e. The second kappa shape index (κ2) is 4.13.